The van der Waals surface area contributed by atoms with Crippen LogP contribution in [0.25, 0.3) is 0 Å². The number of fused-ring (bicyclic) bond motifs is 1. The molecule has 0 aromatic heterocycles. The van der Waals surface area contributed by atoms with Crippen LogP contribution in [0.5, 0.6) is 23.0 Å². The van der Waals surface area contributed by atoms with Crippen molar-refractivity contribution in [2.75, 3.05) is 0 Å². The maximum absolute atomic E-state index is 9.33. The summed E-state index contributed by atoms with van der Waals surface area (Å²) < 4.78 is 2.71. The Morgan fingerprint density at radius 3 is 1.46 bits per heavy atom. The number of rotatable bonds is 0. The molecule has 1 aliphatic heterocycles. The average molecular weight is 219 g/mol. The minimum absolute atomic E-state index is 0.317. The van der Waals surface area contributed by atoms with E-state index in [0.29, 0.717) is 9.79 Å². The summed E-state index contributed by atoms with van der Waals surface area (Å²) in [6, 6.07) is 0. The molecule has 0 spiro atoms. The lowest BCUT2D eigenvalue weighted by Crippen LogP contribution is -1.79. The second-order valence-corrected chi connectivity index (χ2v) is 4.23. The molecule has 5 nitrogen and oxygen atoms in total. The van der Waals surface area contributed by atoms with Crippen LogP contribution in [-0.2, 0) is 0 Å². The lowest BCUT2D eigenvalue weighted by Gasteiger charge is -2.06. The molecule has 1 heterocycles. The van der Waals surface area contributed by atoms with Crippen LogP contribution in [0.15, 0.2) is 9.79 Å². The zero-order valence-corrected chi connectivity index (χ0v) is 7.74. The number of benzene rings is 1. The van der Waals surface area contributed by atoms with Gasteiger partial charge in [0, 0.05) is 0 Å². The van der Waals surface area contributed by atoms with E-state index in [1.165, 1.54) is 0 Å². The van der Waals surface area contributed by atoms with Crippen molar-refractivity contribution in [2.24, 2.45) is 0 Å². The zero-order chi connectivity index (χ0) is 9.59. The Morgan fingerprint density at radius 1 is 0.692 bits per heavy atom. The number of phenols is 4. The standard InChI is InChI=1S/C6H5NO4S2/c8-1-2(9)4(11)6-5(3(1)10)12-7-13-6/h7-11H. The highest BCUT2D eigenvalue weighted by atomic mass is 32.2. The number of aromatic hydroxyl groups is 4. The SMILES string of the molecule is Oc1c(O)c(O)c2c(c1O)SNS2. The van der Waals surface area contributed by atoms with Crippen LogP contribution in [0, 0.1) is 0 Å². The smallest absolute Gasteiger partial charge is 0.205 e. The minimum Gasteiger partial charge on any atom is -0.503 e. The fourth-order valence-electron chi connectivity index (χ4n) is 0.948. The Hall–Kier alpha value is -0.920. The molecule has 70 valence electrons. The van der Waals surface area contributed by atoms with Crippen molar-refractivity contribution in [2.45, 2.75) is 9.79 Å². The van der Waals surface area contributed by atoms with E-state index in [9.17, 15) is 10.2 Å². The highest BCUT2D eigenvalue weighted by molar-refractivity contribution is 8.15. The minimum atomic E-state index is -0.701. The molecule has 0 unspecified atom stereocenters. The van der Waals surface area contributed by atoms with Crippen LogP contribution in [-0.4, -0.2) is 20.4 Å². The van der Waals surface area contributed by atoms with Crippen molar-refractivity contribution in [3.8, 4) is 23.0 Å². The molecule has 5 N–H and O–H groups in total. The van der Waals surface area contributed by atoms with Gasteiger partial charge in [0.2, 0.25) is 11.5 Å². The van der Waals surface area contributed by atoms with Crippen LogP contribution in [0.4, 0.5) is 0 Å². The maximum atomic E-state index is 9.33. The Labute approximate surface area is 81.7 Å². The van der Waals surface area contributed by atoms with Crippen LogP contribution >= 0.6 is 23.9 Å². The molecule has 7 heteroatoms. The van der Waals surface area contributed by atoms with Gasteiger partial charge in [0.15, 0.2) is 11.5 Å². The number of hydrogen-bond acceptors (Lipinski definition) is 7. The first-order valence-corrected chi connectivity index (χ1v) is 4.84. The second kappa shape index (κ2) is 2.79. The van der Waals surface area contributed by atoms with Gasteiger partial charge < -0.3 is 20.4 Å². The van der Waals surface area contributed by atoms with Crippen LogP contribution in [0.1, 0.15) is 0 Å². The molecule has 1 aromatic rings. The topological polar surface area (TPSA) is 93.0 Å². The predicted octanol–water partition coefficient (Wildman–Crippen LogP) is 1.13. The van der Waals surface area contributed by atoms with Gasteiger partial charge in [0.1, 0.15) is 0 Å². The van der Waals surface area contributed by atoms with Gasteiger partial charge in [-0.1, -0.05) is 0 Å². The second-order valence-electron chi connectivity index (χ2n) is 2.34. The summed E-state index contributed by atoms with van der Waals surface area (Å²) in [6.45, 7) is 0. The lowest BCUT2D eigenvalue weighted by molar-refractivity contribution is 0.333. The Morgan fingerprint density at radius 2 is 1.08 bits per heavy atom. The summed E-state index contributed by atoms with van der Waals surface area (Å²) in [7, 11) is 0. The van der Waals surface area contributed by atoms with E-state index < -0.39 is 23.0 Å². The van der Waals surface area contributed by atoms with Crippen molar-refractivity contribution < 1.29 is 20.4 Å². The molecule has 0 bridgehead atoms. The van der Waals surface area contributed by atoms with Crippen molar-refractivity contribution >= 4 is 23.9 Å². The Bertz CT molecular complexity index is 347. The maximum Gasteiger partial charge on any atom is 0.205 e. The zero-order valence-electron chi connectivity index (χ0n) is 6.11. The van der Waals surface area contributed by atoms with E-state index >= 15 is 0 Å². The van der Waals surface area contributed by atoms with Gasteiger partial charge in [0.05, 0.1) is 9.79 Å². The highest BCUT2D eigenvalue weighted by Crippen LogP contribution is 2.56. The average Bonchev–Trinajstić information content (AvgIpc) is 2.59. The van der Waals surface area contributed by atoms with Gasteiger partial charge in [0.25, 0.3) is 0 Å². The molecule has 0 saturated carbocycles. The van der Waals surface area contributed by atoms with Crippen molar-refractivity contribution in [3.05, 3.63) is 0 Å². The van der Waals surface area contributed by atoms with Gasteiger partial charge in [-0.05, 0) is 23.9 Å². The van der Waals surface area contributed by atoms with Gasteiger partial charge >= 0.3 is 0 Å². The molecule has 0 fully saturated rings. The highest BCUT2D eigenvalue weighted by Gasteiger charge is 2.27. The number of hydrogen-bond donors (Lipinski definition) is 5. The van der Waals surface area contributed by atoms with Crippen LogP contribution in [0.3, 0.4) is 0 Å². The summed E-state index contributed by atoms with van der Waals surface area (Å²) in [4.78, 5) is 0.635. The molecule has 0 aliphatic carbocycles. The van der Waals surface area contributed by atoms with E-state index in [1.54, 1.807) is 0 Å². The summed E-state index contributed by atoms with van der Waals surface area (Å²) >= 11 is 2.13. The van der Waals surface area contributed by atoms with E-state index in [4.69, 9.17) is 10.2 Å². The van der Waals surface area contributed by atoms with E-state index in [0.717, 1.165) is 23.9 Å². The fraction of sp³-hybridized carbons (Fsp3) is 0. The summed E-state index contributed by atoms with van der Waals surface area (Å²) in [6.07, 6.45) is 0. The van der Waals surface area contributed by atoms with Gasteiger partial charge in [-0.25, -0.2) is 0 Å². The van der Waals surface area contributed by atoms with Crippen molar-refractivity contribution in [1.29, 1.82) is 0 Å². The van der Waals surface area contributed by atoms with E-state index in [-0.39, 0.29) is 0 Å². The molecule has 1 aromatic carbocycles. The third-order valence-corrected chi connectivity index (χ3v) is 3.60. The molecule has 0 radical (unpaired) electrons. The van der Waals surface area contributed by atoms with Crippen LogP contribution in [0.2, 0.25) is 0 Å². The van der Waals surface area contributed by atoms with Gasteiger partial charge in [-0.3, -0.25) is 0 Å². The van der Waals surface area contributed by atoms with Crippen molar-refractivity contribution in [1.82, 2.24) is 4.13 Å². The molecule has 0 atom stereocenters. The van der Waals surface area contributed by atoms with E-state index in [2.05, 4.69) is 4.13 Å². The monoisotopic (exact) mass is 219 g/mol. The molecule has 2 rings (SSSR count). The normalized spacial score (nSPS) is 14.5. The quantitative estimate of drug-likeness (QED) is 0.254. The first-order valence-electron chi connectivity index (χ1n) is 3.21. The molecule has 0 amide bonds. The van der Waals surface area contributed by atoms with E-state index in [1.807, 2.05) is 0 Å². The van der Waals surface area contributed by atoms with Crippen molar-refractivity contribution in [3.63, 3.8) is 0 Å². The summed E-state index contributed by atoms with van der Waals surface area (Å²) in [5.41, 5.74) is 0. The number of nitrogens with one attached hydrogen (secondary N) is 1. The molecular formula is C6H5NO4S2. The summed E-state index contributed by atoms with van der Waals surface area (Å²) in [5.74, 6) is -2.25. The molecule has 13 heavy (non-hydrogen) atoms. The Balaban J connectivity index is 2.77. The summed E-state index contributed by atoms with van der Waals surface area (Å²) in [5, 5.41) is 36.9. The molecular weight excluding hydrogens is 214 g/mol. The third kappa shape index (κ3) is 1.08. The first kappa shape index (κ1) is 8.67. The fourth-order valence-corrected chi connectivity index (χ4v) is 2.80. The largest absolute Gasteiger partial charge is 0.503 e. The van der Waals surface area contributed by atoms with Gasteiger partial charge in [-0.15, -0.1) is 0 Å². The lowest BCUT2D eigenvalue weighted by atomic mass is 10.2. The third-order valence-electron chi connectivity index (χ3n) is 1.60. The van der Waals surface area contributed by atoms with Gasteiger partial charge in [-0.2, -0.15) is 4.13 Å². The molecule has 0 saturated heterocycles. The Kier molecular flexibility index (Phi) is 1.86. The predicted molar refractivity (Wildman–Crippen MR) is 48.0 cm³/mol. The van der Waals surface area contributed by atoms with Crippen LogP contribution < -0.4 is 4.13 Å². The molecule has 1 aliphatic rings. The number of phenolic OH excluding ortho intramolecular Hbond substituents is 4. The first-order chi connectivity index (χ1) is 6.13.